The van der Waals surface area contributed by atoms with E-state index in [1.165, 1.54) is 32.6 Å². The molecule has 0 N–H and O–H groups in total. The second kappa shape index (κ2) is 9.74. The number of ether oxygens (including phenoxy) is 2. The van der Waals surface area contributed by atoms with Gasteiger partial charge in [0.2, 0.25) is 15.9 Å². The molecule has 0 aliphatic carbocycles. The van der Waals surface area contributed by atoms with Gasteiger partial charge in [0.15, 0.2) is 0 Å². The van der Waals surface area contributed by atoms with Crippen molar-refractivity contribution >= 4 is 20.2 Å². The van der Waals surface area contributed by atoms with Crippen LogP contribution in [0.4, 0.5) is 19.4 Å². The van der Waals surface area contributed by atoms with Gasteiger partial charge in [-0.05, 0) is 41.5 Å². The van der Waals surface area contributed by atoms with Crippen LogP contribution in [0, 0.1) is 0 Å². The summed E-state index contributed by atoms with van der Waals surface area (Å²) in [5.41, 5.74) is 0.943. The molecule has 0 saturated carbocycles. The molecule has 40 heavy (non-hydrogen) atoms. The number of aromatic nitrogens is 3. The molecule has 0 atom stereocenters. The highest BCUT2D eigenvalue weighted by Gasteiger charge is 2.65. The molecule has 0 saturated heterocycles. The fourth-order valence-corrected chi connectivity index (χ4v) is 5.55. The molecular weight excluding hydrogens is 579 g/mol. The van der Waals surface area contributed by atoms with Gasteiger partial charge in [-0.1, -0.05) is 43.7 Å². The molecule has 0 spiro atoms. The first-order chi connectivity index (χ1) is 18.5. The average molecular weight is 605 g/mol. The maximum absolute atomic E-state index is 13.4. The third-order valence-electron chi connectivity index (χ3n) is 5.80. The second-order valence-corrected chi connectivity index (χ2v) is 13.4. The van der Waals surface area contributed by atoms with Crippen LogP contribution >= 0.6 is 10.2 Å². The minimum absolute atomic E-state index is 0.0476. The summed E-state index contributed by atoms with van der Waals surface area (Å²) in [6.45, 7) is -0.496. The van der Waals surface area contributed by atoms with Crippen LogP contribution in [-0.2, 0) is 30.2 Å². The largest absolute Gasteiger partial charge is 0.497 e. The standard InChI is InChI=1S/C25H25F5N4O4S2/c1-33-15-24(32-17-33)23-12-21(39(35,36)34(2)14-18-7-9-20(37-3)10-8-18)13-31-25(23)38-16-19-5-4-6-22(11-19)40(26,27,28,29)30/h4-13,15,17H,14,16H2,1-3H3. The van der Waals surface area contributed by atoms with Gasteiger partial charge in [-0.25, -0.2) is 18.4 Å². The molecule has 4 rings (SSSR count). The Labute approximate surface area is 227 Å². The minimum atomic E-state index is -9.88. The highest BCUT2D eigenvalue weighted by atomic mass is 32.5. The molecule has 8 nitrogen and oxygen atoms in total. The normalized spacial score (nSPS) is 14.0. The van der Waals surface area contributed by atoms with Crippen molar-refractivity contribution in [1.29, 1.82) is 0 Å². The van der Waals surface area contributed by atoms with E-state index in [0.717, 1.165) is 16.6 Å². The summed E-state index contributed by atoms with van der Waals surface area (Å²) in [6.07, 6.45) is 4.07. The third-order valence-corrected chi connectivity index (χ3v) is 8.71. The van der Waals surface area contributed by atoms with E-state index < -0.39 is 31.7 Å². The number of nitrogens with zero attached hydrogens (tertiary/aromatic N) is 4. The summed E-state index contributed by atoms with van der Waals surface area (Å²) < 4.78 is 106. The summed E-state index contributed by atoms with van der Waals surface area (Å²) in [7, 11) is -9.34. The number of hydrogen-bond donors (Lipinski definition) is 0. The molecular formula is C25H25F5N4O4S2. The number of imidazole rings is 1. The van der Waals surface area contributed by atoms with Crippen molar-refractivity contribution in [3.8, 4) is 22.9 Å². The Morgan fingerprint density at radius 2 is 1.68 bits per heavy atom. The predicted molar refractivity (Wildman–Crippen MR) is 140 cm³/mol. The van der Waals surface area contributed by atoms with Crippen molar-refractivity contribution < 1.29 is 37.3 Å². The van der Waals surface area contributed by atoms with Crippen LogP contribution in [0.15, 0.2) is 83.1 Å². The van der Waals surface area contributed by atoms with Crippen molar-refractivity contribution in [1.82, 2.24) is 18.8 Å². The molecule has 4 aromatic rings. The molecule has 0 amide bonds. The van der Waals surface area contributed by atoms with Crippen LogP contribution in [-0.4, -0.2) is 41.4 Å². The van der Waals surface area contributed by atoms with Crippen molar-refractivity contribution in [3.05, 3.63) is 84.4 Å². The molecule has 0 radical (unpaired) electrons. The Morgan fingerprint density at radius 3 is 2.27 bits per heavy atom. The van der Waals surface area contributed by atoms with Crippen LogP contribution in [0.2, 0.25) is 0 Å². The van der Waals surface area contributed by atoms with Gasteiger partial charge >= 0.3 is 10.2 Å². The van der Waals surface area contributed by atoms with Gasteiger partial charge in [0.1, 0.15) is 22.1 Å². The Kier molecular flexibility index (Phi) is 7.14. The molecule has 15 heteroatoms. The number of rotatable bonds is 10. The lowest BCUT2D eigenvalue weighted by Gasteiger charge is -2.40. The monoisotopic (exact) mass is 604 g/mol. The number of hydrogen-bond acceptors (Lipinski definition) is 6. The van der Waals surface area contributed by atoms with Crippen LogP contribution in [0.25, 0.3) is 11.3 Å². The van der Waals surface area contributed by atoms with Crippen molar-refractivity contribution in [2.45, 2.75) is 22.9 Å². The quantitative estimate of drug-likeness (QED) is 0.191. The zero-order chi connectivity index (χ0) is 29.4. The Morgan fingerprint density at radius 1 is 0.975 bits per heavy atom. The fraction of sp³-hybridized carbons (Fsp3) is 0.200. The molecule has 0 aliphatic heterocycles. The van der Waals surface area contributed by atoms with Gasteiger partial charge in [0.25, 0.3) is 0 Å². The number of aryl methyl sites for hydroxylation is 1. The molecule has 2 heterocycles. The summed E-state index contributed by atoms with van der Waals surface area (Å²) in [5, 5.41) is 0. The highest BCUT2D eigenvalue weighted by molar-refractivity contribution is 8.45. The van der Waals surface area contributed by atoms with E-state index in [1.807, 2.05) is 0 Å². The average Bonchev–Trinajstić information content (AvgIpc) is 3.32. The van der Waals surface area contributed by atoms with Gasteiger partial charge in [0.05, 0.1) is 30.9 Å². The Balaban J connectivity index is 1.63. The molecule has 0 aliphatic rings. The van der Waals surface area contributed by atoms with Gasteiger partial charge in [-0.15, -0.1) is 0 Å². The van der Waals surface area contributed by atoms with Crippen molar-refractivity contribution in [2.75, 3.05) is 14.2 Å². The molecule has 0 bridgehead atoms. The maximum Gasteiger partial charge on any atom is 0.310 e. The summed E-state index contributed by atoms with van der Waals surface area (Å²) in [5.74, 6) is 0.475. The van der Waals surface area contributed by atoms with Crippen LogP contribution in [0.5, 0.6) is 11.6 Å². The second-order valence-electron chi connectivity index (χ2n) is 8.96. The fourth-order valence-electron chi connectivity index (χ4n) is 3.70. The lowest BCUT2D eigenvalue weighted by Crippen LogP contribution is -2.26. The van der Waals surface area contributed by atoms with E-state index in [0.29, 0.717) is 23.4 Å². The van der Waals surface area contributed by atoms with E-state index in [9.17, 15) is 27.8 Å². The van der Waals surface area contributed by atoms with E-state index in [2.05, 4.69) is 9.97 Å². The van der Waals surface area contributed by atoms with Crippen LogP contribution < -0.4 is 9.47 Å². The first-order valence-corrected chi connectivity index (χ1v) is 14.9. The molecule has 216 valence electrons. The lowest BCUT2D eigenvalue weighted by atomic mass is 10.2. The number of sulfonamides is 1. The maximum atomic E-state index is 13.4. The SMILES string of the molecule is COc1ccc(CN(C)S(=O)(=O)c2cnc(OCc3cccc(S(F)(F)(F)(F)F)c3)c(-c3cn(C)cn3)c2)cc1. The first-order valence-electron chi connectivity index (χ1n) is 11.5. The zero-order valence-electron chi connectivity index (χ0n) is 21.5. The van der Waals surface area contributed by atoms with E-state index in [-0.39, 0.29) is 34.1 Å². The van der Waals surface area contributed by atoms with Crippen molar-refractivity contribution in [2.24, 2.45) is 7.05 Å². The Hall–Kier alpha value is -3.69. The van der Waals surface area contributed by atoms with Gasteiger partial charge in [-0.2, -0.15) is 4.31 Å². The zero-order valence-corrected chi connectivity index (χ0v) is 23.1. The van der Waals surface area contributed by atoms with E-state index >= 15 is 0 Å². The summed E-state index contributed by atoms with van der Waals surface area (Å²) in [6, 6.07) is 10.8. The highest BCUT2D eigenvalue weighted by Crippen LogP contribution is 3.02. The Bertz CT molecular complexity index is 1650. The van der Waals surface area contributed by atoms with E-state index in [1.54, 1.807) is 42.1 Å². The van der Waals surface area contributed by atoms with Crippen LogP contribution in [0.1, 0.15) is 11.1 Å². The number of methoxy groups -OCH3 is 1. The molecule has 0 unspecified atom stereocenters. The molecule has 2 aromatic carbocycles. The van der Waals surface area contributed by atoms with Gasteiger partial charge in [0, 0.05) is 26.8 Å². The van der Waals surface area contributed by atoms with Gasteiger partial charge in [-0.3, -0.25) is 0 Å². The lowest BCUT2D eigenvalue weighted by molar-refractivity contribution is 0.294. The van der Waals surface area contributed by atoms with Crippen molar-refractivity contribution in [3.63, 3.8) is 0 Å². The number of benzene rings is 2. The summed E-state index contributed by atoms with van der Waals surface area (Å²) >= 11 is 0. The summed E-state index contributed by atoms with van der Waals surface area (Å²) in [4.78, 5) is 6.07. The van der Waals surface area contributed by atoms with Crippen LogP contribution in [0.3, 0.4) is 0 Å². The molecule has 0 fully saturated rings. The molecule has 2 aromatic heterocycles. The number of pyridine rings is 1. The third kappa shape index (κ3) is 6.71. The predicted octanol–water partition coefficient (Wildman–Crippen LogP) is 6.55. The minimum Gasteiger partial charge on any atom is -0.497 e. The first kappa shape index (κ1) is 29.3. The van der Waals surface area contributed by atoms with Gasteiger partial charge < -0.3 is 14.0 Å². The smallest absolute Gasteiger partial charge is 0.310 e. The van der Waals surface area contributed by atoms with E-state index in [4.69, 9.17) is 9.47 Å². The topological polar surface area (TPSA) is 86.5 Å². The number of halogens is 5.